The Hall–Kier alpha value is -2.76. The van der Waals surface area contributed by atoms with E-state index in [-0.39, 0.29) is 5.56 Å². The van der Waals surface area contributed by atoms with Gasteiger partial charge in [-0.3, -0.25) is 4.79 Å². The molecule has 3 rings (SSSR count). The Labute approximate surface area is 128 Å². The van der Waals surface area contributed by atoms with Crippen LogP contribution >= 0.6 is 0 Å². The molecule has 0 aliphatic carbocycles. The summed E-state index contributed by atoms with van der Waals surface area (Å²) < 4.78 is 1.74. The van der Waals surface area contributed by atoms with Gasteiger partial charge in [-0.1, -0.05) is 12.1 Å². The zero-order valence-electron chi connectivity index (χ0n) is 12.6. The first-order valence-corrected chi connectivity index (χ1v) is 7.17. The van der Waals surface area contributed by atoms with Crippen LogP contribution in [0.3, 0.4) is 0 Å². The summed E-state index contributed by atoms with van der Waals surface area (Å²) in [5.41, 5.74) is 1.56. The zero-order chi connectivity index (χ0) is 15.5. The van der Waals surface area contributed by atoms with E-state index in [1.54, 1.807) is 27.9 Å². The predicted molar refractivity (Wildman–Crippen MR) is 85.8 cm³/mol. The summed E-state index contributed by atoms with van der Waals surface area (Å²) >= 11 is 0. The van der Waals surface area contributed by atoms with E-state index in [9.17, 15) is 4.79 Å². The van der Waals surface area contributed by atoms with Gasteiger partial charge in [0.1, 0.15) is 5.82 Å². The van der Waals surface area contributed by atoms with Crippen LogP contribution in [0.4, 0.5) is 5.82 Å². The molecule has 0 aliphatic heterocycles. The number of rotatable bonds is 4. The molecule has 0 saturated carbocycles. The Morgan fingerprint density at radius 3 is 2.59 bits per heavy atom. The third-order valence-corrected chi connectivity index (χ3v) is 3.51. The lowest BCUT2D eigenvalue weighted by atomic mass is 10.3. The lowest BCUT2D eigenvalue weighted by Gasteiger charge is -2.18. The van der Waals surface area contributed by atoms with Gasteiger partial charge in [-0.15, -0.1) is 0 Å². The fourth-order valence-corrected chi connectivity index (χ4v) is 2.44. The lowest BCUT2D eigenvalue weighted by Crippen LogP contribution is -2.31. The molecule has 0 bridgehead atoms. The van der Waals surface area contributed by atoms with Gasteiger partial charge >= 0.3 is 0 Å². The molecule has 3 aromatic rings. The number of nitrogens with zero attached hydrogens (tertiary/aromatic N) is 5. The van der Waals surface area contributed by atoms with Gasteiger partial charge in [0.15, 0.2) is 5.82 Å². The Balaban J connectivity index is 2.07. The van der Waals surface area contributed by atoms with Crippen molar-refractivity contribution in [3.63, 3.8) is 0 Å². The Morgan fingerprint density at radius 2 is 1.86 bits per heavy atom. The van der Waals surface area contributed by atoms with Crippen molar-refractivity contribution in [2.45, 2.75) is 20.0 Å². The molecule has 6 nitrogen and oxygen atoms in total. The van der Waals surface area contributed by atoms with Crippen molar-refractivity contribution in [2.24, 2.45) is 0 Å². The van der Waals surface area contributed by atoms with Gasteiger partial charge in [0.25, 0.3) is 5.56 Å². The Kier molecular flexibility index (Phi) is 3.82. The number of aromatic nitrogens is 4. The highest BCUT2D eigenvalue weighted by molar-refractivity contribution is 5.76. The molecule has 0 spiro atoms. The maximum Gasteiger partial charge on any atom is 0.293 e. The number of aryl methyl sites for hydroxylation is 1. The van der Waals surface area contributed by atoms with Crippen LogP contribution in [-0.4, -0.2) is 26.6 Å². The van der Waals surface area contributed by atoms with Crippen LogP contribution in [-0.2, 0) is 13.1 Å². The fourth-order valence-electron chi connectivity index (χ4n) is 2.44. The predicted octanol–water partition coefficient (Wildman–Crippen LogP) is 1.84. The molecule has 2 heterocycles. The van der Waals surface area contributed by atoms with Crippen LogP contribution in [0.15, 0.2) is 47.5 Å². The second-order valence-corrected chi connectivity index (χ2v) is 4.99. The van der Waals surface area contributed by atoms with Crippen LogP contribution in [0.25, 0.3) is 11.0 Å². The molecule has 0 unspecified atom stereocenters. The standard InChI is InChI=1S/C16H17N5O/c1-3-21-13-8-5-4-7-12(13)19-15(16(21)22)20(2)11-14-17-9-6-10-18-14/h4-10H,3,11H2,1-2H3. The van der Waals surface area contributed by atoms with Crippen molar-refractivity contribution in [3.8, 4) is 0 Å². The highest BCUT2D eigenvalue weighted by Gasteiger charge is 2.14. The van der Waals surface area contributed by atoms with E-state index >= 15 is 0 Å². The van der Waals surface area contributed by atoms with E-state index in [1.807, 2.05) is 38.2 Å². The van der Waals surface area contributed by atoms with Crippen molar-refractivity contribution >= 4 is 16.9 Å². The first kappa shape index (κ1) is 14.2. The van der Waals surface area contributed by atoms with Crippen LogP contribution in [0.1, 0.15) is 12.7 Å². The maximum atomic E-state index is 12.7. The van der Waals surface area contributed by atoms with Crippen molar-refractivity contribution in [2.75, 3.05) is 11.9 Å². The molecule has 22 heavy (non-hydrogen) atoms. The normalized spacial score (nSPS) is 10.8. The van der Waals surface area contributed by atoms with E-state index in [4.69, 9.17) is 0 Å². The molecule has 2 aromatic heterocycles. The quantitative estimate of drug-likeness (QED) is 0.735. The van der Waals surface area contributed by atoms with Crippen LogP contribution in [0.5, 0.6) is 0 Å². The fraction of sp³-hybridized carbons (Fsp3) is 0.250. The number of anilines is 1. The topological polar surface area (TPSA) is 63.9 Å². The van der Waals surface area contributed by atoms with Gasteiger partial charge in [-0.05, 0) is 25.1 Å². The van der Waals surface area contributed by atoms with Crippen molar-refractivity contribution < 1.29 is 0 Å². The number of benzene rings is 1. The molecule has 0 amide bonds. The van der Waals surface area contributed by atoms with E-state index in [1.165, 1.54) is 0 Å². The van der Waals surface area contributed by atoms with Gasteiger partial charge in [-0.25, -0.2) is 15.0 Å². The summed E-state index contributed by atoms with van der Waals surface area (Å²) in [6.07, 6.45) is 3.38. The molecular weight excluding hydrogens is 278 g/mol. The smallest absolute Gasteiger partial charge is 0.293 e. The number of hydrogen-bond acceptors (Lipinski definition) is 5. The molecule has 0 fully saturated rings. The molecule has 0 atom stereocenters. The average Bonchev–Trinajstić information content (AvgIpc) is 2.55. The van der Waals surface area contributed by atoms with Gasteiger partial charge < -0.3 is 9.47 Å². The second kappa shape index (κ2) is 5.93. The summed E-state index contributed by atoms with van der Waals surface area (Å²) in [4.78, 5) is 27.3. The highest BCUT2D eigenvalue weighted by Crippen LogP contribution is 2.14. The van der Waals surface area contributed by atoms with E-state index < -0.39 is 0 Å². The van der Waals surface area contributed by atoms with Crippen LogP contribution < -0.4 is 10.5 Å². The number of fused-ring (bicyclic) bond motifs is 1. The van der Waals surface area contributed by atoms with Gasteiger partial charge in [0, 0.05) is 26.0 Å². The minimum absolute atomic E-state index is 0.0976. The third-order valence-electron chi connectivity index (χ3n) is 3.51. The molecule has 0 saturated heterocycles. The van der Waals surface area contributed by atoms with Crippen molar-refractivity contribution in [3.05, 3.63) is 58.9 Å². The zero-order valence-corrected chi connectivity index (χ0v) is 12.6. The number of hydrogen-bond donors (Lipinski definition) is 0. The van der Waals surface area contributed by atoms with E-state index in [0.29, 0.717) is 24.7 Å². The SMILES string of the molecule is CCn1c(=O)c(N(C)Cc2ncccn2)nc2ccccc21. The van der Waals surface area contributed by atoms with E-state index in [2.05, 4.69) is 15.0 Å². The number of para-hydroxylation sites is 2. The molecule has 112 valence electrons. The first-order valence-electron chi connectivity index (χ1n) is 7.17. The van der Waals surface area contributed by atoms with Crippen LogP contribution in [0, 0.1) is 0 Å². The molecule has 0 aliphatic rings. The maximum absolute atomic E-state index is 12.7. The summed E-state index contributed by atoms with van der Waals surface area (Å²) in [6.45, 7) is 2.99. The molecule has 0 radical (unpaired) electrons. The average molecular weight is 295 g/mol. The summed E-state index contributed by atoms with van der Waals surface area (Å²) in [6, 6.07) is 9.43. The monoisotopic (exact) mass is 295 g/mol. The molecular formula is C16H17N5O. The first-order chi connectivity index (χ1) is 10.7. The van der Waals surface area contributed by atoms with Gasteiger partial charge in [0.2, 0.25) is 0 Å². The van der Waals surface area contributed by atoms with Crippen LogP contribution in [0.2, 0.25) is 0 Å². The van der Waals surface area contributed by atoms with Gasteiger partial charge in [0.05, 0.1) is 17.6 Å². The third kappa shape index (κ3) is 2.55. The molecule has 0 N–H and O–H groups in total. The van der Waals surface area contributed by atoms with Gasteiger partial charge in [-0.2, -0.15) is 0 Å². The van der Waals surface area contributed by atoms with Crippen molar-refractivity contribution in [1.82, 2.24) is 19.5 Å². The Bertz CT molecular complexity index is 844. The summed E-state index contributed by atoms with van der Waals surface area (Å²) in [5.74, 6) is 1.07. The largest absolute Gasteiger partial charge is 0.348 e. The van der Waals surface area contributed by atoms with Crippen molar-refractivity contribution in [1.29, 1.82) is 0 Å². The minimum Gasteiger partial charge on any atom is -0.348 e. The molecule has 1 aromatic carbocycles. The highest BCUT2D eigenvalue weighted by atomic mass is 16.1. The second-order valence-electron chi connectivity index (χ2n) is 4.99. The minimum atomic E-state index is -0.0976. The summed E-state index contributed by atoms with van der Waals surface area (Å²) in [5, 5.41) is 0. The Morgan fingerprint density at radius 1 is 1.14 bits per heavy atom. The lowest BCUT2D eigenvalue weighted by molar-refractivity contribution is 0.736. The molecule has 6 heteroatoms. The summed E-state index contributed by atoms with van der Waals surface area (Å²) in [7, 11) is 1.83. The van der Waals surface area contributed by atoms with E-state index in [0.717, 1.165) is 11.0 Å².